The molecule has 11 heteroatoms. The molecule has 0 saturated carbocycles. The van der Waals surface area contributed by atoms with E-state index in [4.69, 9.17) is 14.2 Å². The maximum absolute atomic E-state index is 13.1. The minimum Gasteiger partial charge on any atom is -0.480 e. The third kappa shape index (κ3) is 10.4. The summed E-state index contributed by atoms with van der Waals surface area (Å²) in [5.74, 6) is -3.63. The van der Waals surface area contributed by atoms with E-state index < -0.39 is 60.1 Å². The van der Waals surface area contributed by atoms with Crippen molar-refractivity contribution in [2.75, 3.05) is 19.7 Å². The fraction of sp³-hybridized carbons (Fsp3) is 0.485. The number of nitrogens with one attached hydrogen (secondary N) is 1. The molecule has 0 bridgehead atoms. The van der Waals surface area contributed by atoms with Crippen LogP contribution in [0.3, 0.4) is 0 Å². The molecule has 238 valence electrons. The van der Waals surface area contributed by atoms with E-state index in [-0.39, 0.29) is 31.9 Å². The lowest BCUT2D eigenvalue weighted by molar-refractivity contribution is -0.159. The van der Waals surface area contributed by atoms with Crippen LogP contribution < -0.4 is 5.32 Å². The number of carboxylic acid groups (broad SMARTS) is 1. The molecule has 0 radical (unpaired) electrons. The number of fused-ring (bicyclic) bond motifs is 3. The molecular formula is C33H42N2O9. The minimum atomic E-state index is -1.31. The number of nitrogens with zero attached hydrogens (tertiary/aromatic N) is 1. The van der Waals surface area contributed by atoms with Crippen LogP contribution in [0.25, 0.3) is 11.1 Å². The van der Waals surface area contributed by atoms with Gasteiger partial charge in [-0.3, -0.25) is 19.2 Å². The quantitative estimate of drug-likeness (QED) is 0.199. The Morgan fingerprint density at radius 2 is 1.36 bits per heavy atom. The average molecular weight is 611 g/mol. The second-order valence-corrected chi connectivity index (χ2v) is 12.7. The van der Waals surface area contributed by atoms with Gasteiger partial charge in [-0.2, -0.15) is 0 Å². The summed E-state index contributed by atoms with van der Waals surface area (Å²) in [4.78, 5) is 63.3. The summed E-state index contributed by atoms with van der Waals surface area (Å²) in [6.07, 6.45) is -1.58. The molecule has 11 nitrogen and oxygen atoms in total. The Morgan fingerprint density at radius 3 is 1.89 bits per heavy atom. The highest BCUT2D eigenvalue weighted by Gasteiger charge is 2.31. The van der Waals surface area contributed by atoms with Gasteiger partial charge in [0.05, 0.1) is 6.04 Å². The van der Waals surface area contributed by atoms with Crippen molar-refractivity contribution < 1.29 is 43.3 Å². The van der Waals surface area contributed by atoms with Gasteiger partial charge >= 0.3 is 24.0 Å². The Labute approximate surface area is 257 Å². The van der Waals surface area contributed by atoms with Crippen LogP contribution in [-0.2, 0) is 33.4 Å². The maximum Gasteiger partial charge on any atom is 0.407 e. The zero-order valence-electron chi connectivity index (χ0n) is 26.2. The van der Waals surface area contributed by atoms with Crippen molar-refractivity contribution in [1.29, 1.82) is 0 Å². The molecule has 2 aromatic carbocycles. The van der Waals surface area contributed by atoms with Crippen molar-refractivity contribution in [3.05, 3.63) is 59.7 Å². The van der Waals surface area contributed by atoms with Gasteiger partial charge in [0.1, 0.15) is 30.8 Å². The van der Waals surface area contributed by atoms with Gasteiger partial charge in [0.25, 0.3) is 0 Å². The highest BCUT2D eigenvalue weighted by molar-refractivity contribution is 5.95. The Balaban J connectivity index is 1.73. The largest absolute Gasteiger partial charge is 0.480 e. The molecule has 3 rings (SSSR count). The van der Waals surface area contributed by atoms with Gasteiger partial charge in [0.15, 0.2) is 0 Å². The second kappa shape index (κ2) is 14.4. The van der Waals surface area contributed by atoms with E-state index in [9.17, 15) is 29.1 Å². The van der Waals surface area contributed by atoms with E-state index in [1.54, 1.807) is 41.5 Å². The van der Waals surface area contributed by atoms with E-state index in [1.807, 2.05) is 48.5 Å². The number of rotatable bonds is 12. The molecule has 2 amide bonds. The fourth-order valence-corrected chi connectivity index (χ4v) is 5.00. The van der Waals surface area contributed by atoms with Crippen LogP contribution in [0.5, 0.6) is 0 Å². The molecule has 1 aliphatic rings. The molecule has 0 unspecified atom stereocenters. The number of ether oxygens (including phenoxy) is 3. The van der Waals surface area contributed by atoms with Crippen molar-refractivity contribution in [2.45, 2.75) is 84.0 Å². The predicted octanol–water partition coefficient (Wildman–Crippen LogP) is 4.66. The van der Waals surface area contributed by atoms with Crippen LogP contribution in [0.4, 0.5) is 4.79 Å². The first kappa shape index (κ1) is 34.1. The molecule has 2 aromatic rings. The summed E-state index contributed by atoms with van der Waals surface area (Å²) in [5, 5.41) is 12.1. The third-order valence-corrected chi connectivity index (χ3v) is 6.62. The Hall–Kier alpha value is -4.41. The lowest BCUT2D eigenvalue weighted by Crippen LogP contribution is -2.48. The standard InChI is InChI=1S/C33H42N2O9/c1-32(2,3)43-29(39)16-15-21(18-35(19-28(37)38)27(36)17-30(40)44-33(4,5)6)34-31(41)42-20-26-24-13-9-7-11-22(24)23-12-8-10-14-25(23)26/h7-14,21,26H,15-20H2,1-6H3,(H,34,41)(H,37,38)/t21-/m0/s1. The number of aliphatic carboxylic acids is 1. The van der Waals surface area contributed by atoms with Crippen molar-refractivity contribution >= 4 is 29.9 Å². The molecule has 2 N–H and O–H groups in total. The van der Waals surface area contributed by atoms with E-state index in [1.165, 1.54) is 0 Å². The number of hydrogen-bond acceptors (Lipinski definition) is 8. The topological polar surface area (TPSA) is 149 Å². The highest BCUT2D eigenvalue weighted by Crippen LogP contribution is 2.44. The first-order valence-corrected chi connectivity index (χ1v) is 14.6. The molecule has 0 fully saturated rings. The summed E-state index contributed by atoms with van der Waals surface area (Å²) in [6.45, 7) is 9.14. The summed E-state index contributed by atoms with van der Waals surface area (Å²) in [5.41, 5.74) is 2.63. The fourth-order valence-electron chi connectivity index (χ4n) is 5.00. The predicted molar refractivity (Wildman–Crippen MR) is 162 cm³/mol. The van der Waals surface area contributed by atoms with Gasteiger partial charge in [-0.05, 0) is 70.2 Å². The first-order valence-electron chi connectivity index (χ1n) is 14.6. The summed E-state index contributed by atoms with van der Waals surface area (Å²) in [6, 6.07) is 14.9. The number of carbonyl (C=O) groups excluding carboxylic acids is 4. The van der Waals surface area contributed by atoms with E-state index >= 15 is 0 Å². The molecule has 0 aromatic heterocycles. The summed E-state index contributed by atoms with van der Waals surface area (Å²) < 4.78 is 16.2. The first-order chi connectivity index (χ1) is 20.5. The maximum atomic E-state index is 13.1. The van der Waals surface area contributed by atoms with Gasteiger partial charge < -0.3 is 29.5 Å². The Morgan fingerprint density at radius 1 is 0.841 bits per heavy atom. The number of alkyl carbamates (subject to hydrolysis) is 1. The van der Waals surface area contributed by atoms with Crippen molar-refractivity contribution in [3.8, 4) is 11.1 Å². The SMILES string of the molecule is CC(C)(C)OC(=O)CC[C@@H](CN(CC(=O)O)C(=O)CC(=O)OC(C)(C)C)NC(=O)OCC1c2ccccc2-c2ccccc21. The van der Waals surface area contributed by atoms with Crippen LogP contribution in [0, 0.1) is 0 Å². The van der Waals surface area contributed by atoms with Crippen LogP contribution in [0.1, 0.15) is 77.8 Å². The molecule has 1 aliphatic carbocycles. The molecule has 0 aliphatic heterocycles. The van der Waals surface area contributed by atoms with Gasteiger partial charge in [0, 0.05) is 18.9 Å². The molecular weight excluding hydrogens is 568 g/mol. The lowest BCUT2D eigenvalue weighted by atomic mass is 9.98. The van der Waals surface area contributed by atoms with Gasteiger partial charge in [-0.1, -0.05) is 48.5 Å². The van der Waals surface area contributed by atoms with Crippen molar-refractivity contribution in [2.24, 2.45) is 0 Å². The van der Waals surface area contributed by atoms with E-state index in [0.29, 0.717) is 0 Å². The number of hydrogen-bond donors (Lipinski definition) is 2. The molecule has 0 saturated heterocycles. The molecule has 0 heterocycles. The smallest absolute Gasteiger partial charge is 0.407 e. The number of carboxylic acids is 1. The van der Waals surface area contributed by atoms with E-state index in [2.05, 4.69) is 5.32 Å². The minimum absolute atomic E-state index is 0.0228. The third-order valence-electron chi connectivity index (χ3n) is 6.62. The number of benzene rings is 2. The number of amides is 2. The Bertz CT molecular complexity index is 1330. The van der Waals surface area contributed by atoms with Gasteiger partial charge in [-0.15, -0.1) is 0 Å². The van der Waals surface area contributed by atoms with Crippen LogP contribution in [0.15, 0.2) is 48.5 Å². The van der Waals surface area contributed by atoms with Crippen molar-refractivity contribution in [1.82, 2.24) is 10.2 Å². The number of esters is 2. The number of carbonyl (C=O) groups is 5. The normalized spacial score (nSPS) is 13.2. The molecule has 44 heavy (non-hydrogen) atoms. The van der Waals surface area contributed by atoms with Crippen LogP contribution in [0.2, 0.25) is 0 Å². The lowest BCUT2D eigenvalue weighted by Gasteiger charge is -2.28. The second-order valence-electron chi connectivity index (χ2n) is 12.7. The van der Waals surface area contributed by atoms with Crippen LogP contribution in [-0.4, -0.2) is 76.9 Å². The zero-order chi connectivity index (χ0) is 32.7. The van der Waals surface area contributed by atoms with Gasteiger partial charge in [0.2, 0.25) is 5.91 Å². The Kier molecular flexibility index (Phi) is 11.1. The van der Waals surface area contributed by atoms with Crippen LogP contribution >= 0.6 is 0 Å². The average Bonchev–Trinajstić information content (AvgIpc) is 3.21. The highest BCUT2D eigenvalue weighted by atomic mass is 16.6. The monoisotopic (exact) mass is 610 g/mol. The molecule has 1 atom stereocenters. The van der Waals surface area contributed by atoms with E-state index in [0.717, 1.165) is 27.2 Å². The zero-order valence-corrected chi connectivity index (χ0v) is 26.2. The summed E-state index contributed by atoms with van der Waals surface area (Å²) >= 11 is 0. The van der Waals surface area contributed by atoms with Gasteiger partial charge in [-0.25, -0.2) is 4.79 Å². The molecule has 0 spiro atoms. The summed E-state index contributed by atoms with van der Waals surface area (Å²) in [7, 11) is 0. The van der Waals surface area contributed by atoms with Crippen molar-refractivity contribution in [3.63, 3.8) is 0 Å².